The van der Waals surface area contributed by atoms with Crippen LogP contribution in [-0.4, -0.2) is 31.1 Å². The Hall–Kier alpha value is -2.11. The number of benzene rings is 2. The fraction of sp³-hybridized carbons (Fsp3) is 0.381. The van der Waals surface area contributed by atoms with Crippen LogP contribution in [0.25, 0.3) is 0 Å². The number of halogens is 2. The van der Waals surface area contributed by atoms with Gasteiger partial charge in [-0.2, -0.15) is 0 Å². The van der Waals surface area contributed by atoms with E-state index in [1.54, 1.807) is 12.1 Å². The average molecular weight is 391 g/mol. The van der Waals surface area contributed by atoms with Gasteiger partial charge in [0.15, 0.2) is 0 Å². The maximum atomic E-state index is 12.9. The summed E-state index contributed by atoms with van der Waals surface area (Å²) in [6, 6.07) is 16.4. The van der Waals surface area contributed by atoms with Crippen molar-refractivity contribution in [3.8, 4) is 5.75 Å². The van der Waals surface area contributed by atoms with Crippen LogP contribution in [0.5, 0.6) is 5.75 Å². The molecule has 0 bridgehead atoms. The lowest BCUT2D eigenvalue weighted by Gasteiger charge is -2.36. The Morgan fingerprint density at radius 3 is 2.44 bits per heavy atom. The molecule has 1 saturated heterocycles. The van der Waals surface area contributed by atoms with Crippen LogP contribution in [0.2, 0.25) is 0 Å². The lowest BCUT2D eigenvalue weighted by atomic mass is 9.85. The molecule has 2 fully saturated rings. The Bertz CT molecular complexity index is 751. The van der Waals surface area contributed by atoms with Crippen LogP contribution in [0.4, 0.5) is 4.39 Å². The maximum absolute atomic E-state index is 12.9. The van der Waals surface area contributed by atoms with Gasteiger partial charge in [0.05, 0.1) is 5.92 Å². The van der Waals surface area contributed by atoms with Gasteiger partial charge in [-0.25, -0.2) is 4.39 Å². The van der Waals surface area contributed by atoms with E-state index in [0.29, 0.717) is 12.3 Å². The van der Waals surface area contributed by atoms with Crippen molar-refractivity contribution >= 4 is 18.3 Å². The molecule has 1 saturated carbocycles. The van der Waals surface area contributed by atoms with Crippen molar-refractivity contribution < 1.29 is 13.9 Å². The standard InChI is InChI=1S/C21H23FN2O2.ClH/c22-15-6-8-17(9-7-15)26-18-10-16(11-18)24-21(25)20-13-23-12-19(20)14-4-2-1-3-5-14;/h1-9,16,18-20,23H,10-13H2,(H,24,25);1H/t16?,18?,19-,20+;/m0./s1. The first-order valence-corrected chi connectivity index (χ1v) is 9.17. The summed E-state index contributed by atoms with van der Waals surface area (Å²) < 4.78 is 18.7. The van der Waals surface area contributed by atoms with Gasteiger partial charge >= 0.3 is 0 Å². The van der Waals surface area contributed by atoms with Gasteiger partial charge in [0.2, 0.25) is 5.91 Å². The highest BCUT2D eigenvalue weighted by atomic mass is 35.5. The molecule has 1 aliphatic carbocycles. The normalized spacial score (nSPS) is 26.6. The molecule has 0 unspecified atom stereocenters. The molecule has 6 heteroatoms. The van der Waals surface area contributed by atoms with Gasteiger partial charge in [-0.15, -0.1) is 12.4 Å². The Balaban J connectivity index is 0.00000210. The number of hydrogen-bond donors (Lipinski definition) is 2. The van der Waals surface area contributed by atoms with Gasteiger partial charge in [0, 0.05) is 37.9 Å². The Morgan fingerprint density at radius 1 is 1.04 bits per heavy atom. The third-order valence-electron chi connectivity index (χ3n) is 5.34. The van der Waals surface area contributed by atoms with E-state index in [9.17, 15) is 9.18 Å². The molecule has 0 spiro atoms. The second-order valence-electron chi connectivity index (χ2n) is 7.15. The summed E-state index contributed by atoms with van der Waals surface area (Å²) in [5.74, 6) is 0.714. The minimum atomic E-state index is -0.269. The van der Waals surface area contributed by atoms with Crippen LogP contribution in [0, 0.1) is 11.7 Å². The van der Waals surface area contributed by atoms with Crippen molar-refractivity contribution in [1.29, 1.82) is 0 Å². The van der Waals surface area contributed by atoms with Gasteiger partial charge in [-0.05, 0) is 29.8 Å². The highest BCUT2D eigenvalue weighted by Crippen LogP contribution is 2.30. The van der Waals surface area contributed by atoms with E-state index in [-0.39, 0.29) is 48.1 Å². The van der Waals surface area contributed by atoms with E-state index in [2.05, 4.69) is 22.8 Å². The SMILES string of the molecule is Cl.O=C(NC1CC(Oc2ccc(F)cc2)C1)[C@@H]1CNC[C@H]1c1ccccc1. The number of amides is 1. The lowest BCUT2D eigenvalue weighted by Crippen LogP contribution is -2.51. The summed E-state index contributed by atoms with van der Waals surface area (Å²) in [4.78, 5) is 12.7. The van der Waals surface area contributed by atoms with Crippen LogP contribution in [0.3, 0.4) is 0 Å². The summed E-state index contributed by atoms with van der Waals surface area (Å²) in [6.07, 6.45) is 1.66. The second-order valence-corrected chi connectivity index (χ2v) is 7.15. The molecule has 2 N–H and O–H groups in total. The van der Waals surface area contributed by atoms with Crippen molar-refractivity contribution in [2.45, 2.75) is 30.9 Å². The van der Waals surface area contributed by atoms with Crippen molar-refractivity contribution in [2.24, 2.45) is 5.92 Å². The first kappa shape index (κ1) is 19.6. The van der Waals surface area contributed by atoms with E-state index < -0.39 is 0 Å². The predicted octanol–water partition coefficient (Wildman–Crippen LogP) is 3.28. The van der Waals surface area contributed by atoms with E-state index in [0.717, 1.165) is 19.4 Å². The third kappa shape index (κ3) is 4.60. The lowest BCUT2D eigenvalue weighted by molar-refractivity contribution is -0.126. The van der Waals surface area contributed by atoms with Gasteiger partial charge in [-0.1, -0.05) is 30.3 Å². The molecule has 2 aliphatic rings. The fourth-order valence-corrected chi connectivity index (χ4v) is 3.80. The van der Waals surface area contributed by atoms with Gasteiger partial charge in [0.25, 0.3) is 0 Å². The number of rotatable bonds is 5. The monoisotopic (exact) mass is 390 g/mol. The van der Waals surface area contributed by atoms with Crippen LogP contribution < -0.4 is 15.4 Å². The van der Waals surface area contributed by atoms with Crippen LogP contribution in [-0.2, 0) is 4.79 Å². The molecule has 144 valence electrons. The largest absolute Gasteiger partial charge is 0.490 e. The summed E-state index contributed by atoms with van der Waals surface area (Å²) in [6.45, 7) is 1.55. The first-order chi connectivity index (χ1) is 12.7. The van der Waals surface area contributed by atoms with Crippen LogP contribution >= 0.6 is 12.4 Å². The molecule has 1 amide bonds. The maximum Gasteiger partial charge on any atom is 0.225 e. The topological polar surface area (TPSA) is 50.4 Å². The highest BCUT2D eigenvalue weighted by molar-refractivity contribution is 5.85. The van der Waals surface area contributed by atoms with E-state index in [4.69, 9.17) is 4.74 Å². The van der Waals surface area contributed by atoms with Crippen molar-refractivity contribution in [1.82, 2.24) is 10.6 Å². The molecule has 1 aliphatic heterocycles. The average Bonchev–Trinajstić information content (AvgIpc) is 3.12. The third-order valence-corrected chi connectivity index (χ3v) is 5.34. The molecule has 2 aromatic carbocycles. The first-order valence-electron chi connectivity index (χ1n) is 9.17. The fourth-order valence-electron chi connectivity index (χ4n) is 3.80. The molecule has 1 heterocycles. The smallest absolute Gasteiger partial charge is 0.225 e. The Kier molecular flexibility index (Phi) is 6.34. The van der Waals surface area contributed by atoms with Crippen molar-refractivity contribution in [2.75, 3.05) is 13.1 Å². The van der Waals surface area contributed by atoms with Crippen LogP contribution in [0.1, 0.15) is 24.3 Å². The minimum absolute atomic E-state index is 0. The van der Waals surface area contributed by atoms with Gasteiger partial charge in [-0.3, -0.25) is 4.79 Å². The second kappa shape index (κ2) is 8.72. The molecule has 2 atom stereocenters. The van der Waals surface area contributed by atoms with Crippen molar-refractivity contribution in [3.05, 3.63) is 66.0 Å². The zero-order valence-electron chi connectivity index (χ0n) is 14.9. The van der Waals surface area contributed by atoms with E-state index in [1.165, 1.54) is 17.7 Å². The Labute approximate surface area is 164 Å². The minimum Gasteiger partial charge on any atom is -0.490 e. The van der Waals surface area contributed by atoms with Crippen molar-refractivity contribution in [3.63, 3.8) is 0 Å². The molecule has 0 radical (unpaired) electrons. The Morgan fingerprint density at radius 2 is 1.74 bits per heavy atom. The molecule has 0 aromatic heterocycles. The summed E-state index contributed by atoms with van der Waals surface area (Å²) in [5, 5.41) is 6.50. The number of carbonyl (C=O) groups is 1. The summed E-state index contributed by atoms with van der Waals surface area (Å²) in [7, 11) is 0. The van der Waals surface area contributed by atoms with E-state index >= 15 is 0 Å². The summed E-state index contributed by atoms with van der Waals surface area (Å²) in [5.41, 5.74) is 1.21. The predicted molar refractivity (Wildman–Crippen MR) is 105 cm³/mol. The number of nitrogens with one attached hydrogen (secondary N) is 2. The zero-order chi connectivity index (χ0) is 17.9. The molecular formula is C21H24ClFN2O2. The number of carbonyl (C=O) groups excluding carboxylic acids is 1. The van der Waals surface area contributed by atoms with E-state index in [1.807, 2.05) is 18.2 Å². The zero-order valence-corrected chi connectivity index (χ0v) is 15.8. The van der Waals surface area contributed by atoms with Crippen LogP contribution in [0.15, 0.2) is 54.6 Å². The quantitative estimate of drug-likeness (QED) is 0.823. The number of hydrogen-bond acceptors (Lipinski definition) is 3. The van der Waals surface area contributed by atoms with Gasteiger partial charge in [0.1, 0.15) is 17.7 Å². The highest BCUT2D eigenvalue weighted by Gasteiger charge is 2.38. The number of ether oxygens (including phenoxy) is 1. The molecular weight excluding hydrogens is 367 g/mol. The summed E-state index contributed by atoms with van der Waals surface area (Å²) >= 11 is 0. The van der Waals surface area contributed by atoms with Gasteiger partial charge < -0.3 is 15.4 Å². The molecule has 2 aromatic rings. The molecule has 27 heavy (non-hydrogen) atoms. The molecule has 4 nitrogen and oxygen atoms in total. The molecule has 4 rings (SSSR count).